The molecule has 4 aromatic rings. The van der Waals surface area contributed by atoms with Gasteiger partial charge in [-0.2, -0.15) is 0 Å². The quantitative estimate of drug-likeness (QED) is 0.185. The standard InChI is InChI=1S/C39H46ClN5O2/c1-5-25-20-30-29-9-7-6-8-27(29)22-31(30)34(21-25)45(33-16-17-41-32-14-15-36(40)42-37(32)33)28-12-10-26(11-13-28)23-43-18-19-44(38(46)47)35(24-43)39(2,3)4/h6-9,14-17,20-21,26,28,35H,5,10-13,18-19,22-24H2,1-4H3,(H,46,47). The van der Waals surface area contributed by atoms with E-state index < -0.39 is 6.09 Å². The van der Waals surface area contributed by atoms with Gasteiger partial charge in [0.25, 0.3) is 0 Å². The topological polar surface area (TPSA) is 72.8 Å². The fraction of sp³-hybridized carbons (Fsp3) is 0.462. The Morgan fingerprint density at radius 2 is 1.79 bits per heavy atom. The second kappa shape index (κ2) is 12.7. The maximum absolute atomic E-state index is 12.0. The van der Waals surface area contributed by atoms with Gasteiger partial charge >= 0.3 is 6.09 Å². The second-order valence-electron chi connectivity index (χ2n) is 14.8. The summed E-state index contributed by atoms with van der Waals surface area (Å²) < 4.78 is 0. The van der Waals surface area contributed by atoms with E-state index in [1.54, 1.807) is 4.90 Å². The van der Waals surface area contributed by atoms with Crippen LogP contribution in [0.1, 0.15) is 70.1 Å². The molecule has 2 aromatic heterocycles. The van der Waals surface area contributed by atoms with Gasteiger partial charge in [0.1, 0.15) is 10.7 Å². The molecule has 0 bridgehead atoms. The molecule has 8 heteroatoms. The van der Waals surface area contributed by atoms with Crippen molar-refractivity contribution in [2.45, 2.75) is 78.3 Å². The van der Waals surface area contributed by atoms with Crippen LogP contribution in [0.4, 0.5) is 16.2 Å². The van der Waals surface area contributed by atoms with E-state index in [0.717, 1.165) is 74.9 Å². The summed E-state index contributed by atoms with van der Waals surface area (Å²) in [5.41, 5.74) is 10.8. The Kier molecular flexibility index (Phi) is 8.64. The molecular formula is C39H46ClN5O2. The molecule has 3 aliphatic rings. The van der Waals surface area contributed by atoms with Gasteiger partial charge < -0.3 is 14.9 Å². The lowest BCUT2D eigenvalue weighted by atomic mass is 9.82. The number of anilines is 2. The van der Waals surface area contributed by atoms with Crippen LogP contribution in [0.15, 0.2) is 60.8 Å². The molecule has 2 fully saturated rings. The molecule has 1 amide bonds. The maximum Gasteiger partial charge on any atom is 0.407 e. The van der Waals surface area contributed by atoms with Crippen molar-refractivity contribution in [3.8, 4) is 11.1 Å². The van der Waals surface area contributed by atoms with E-state index in [0.29, 0.717) is 23.7 Å². The summed E-state index contributed by atoms with van der Waals surface area (Å²) >= 11 is 6.51. The summed E-state index contributed by atoms with van der Waals surface area (Å²) in [6.45, 7) is 11.9. The lowest BCUT2D eigenvalue weighted by molar-refractivity contribution is 0.0144. The molecule has 1 atom stereocenters. The molecule has 0 radical (unpaired) electrons. The first-order valence-corrected chi connectivity index (χ1v) is 17.6. The number of amides is 1. The zero-order valence-corrected chi connectivity index (χ0v) is 28.8. The number of pyridine rings is 2. The third-order valence-corrected chi connectivity index (χ3v) is 11.0. The van der Waals surface area contributed by atoms with E-state index in [-0.39, 0.29) is 11.5 Å². The van der Waals surface area contributed by atoms with Gasteiger partial charge in [0.05, 0.1) is 17.2 Å². The molecule has 0 spiro atoms. The summed E-state index contributed by atoms with van der Waals surface area (Å²) in [6.07, 6.45) is 7.41. The van der Waals surface area contributed by atoms with Crippen LogP contribution in [-0.2, 0) is 12.8 Å². The Morgan fingerprint density at radius 3 is 2.53 bits per heavy atom. The predicted octanol–water partition coefficient (Wildman–Crippen LogP) is 8.82. The Labute approximate surface area is 283 Å². The summed E-state index contributed by atoms with van der Waals surface area (Å²) in [4.78, 5) is 28.3. The van der Waals surface area contributed by atoms with Crippen molar-refractivity contribution < 1.29 is 9.90 Å². The molecule has 2 aliphatic carbocycles. The van der Waals surface area contributed by atoms with Gasteiger partial charge in [0.15, 0.2) is 0 Å². The smallest absolute Gasteiger partial charge is 0.407 e. The van der Waals surface area contributed by atoms with Crippen molar-refractivity contribution >= 4 is 40.1 Å². The van der Waals surface area contributed by atoms with Gasteiger partial charge in [-0.1, -0.05) is 69.6 Å². The summed E-state index contributed by atoms with van der Waals surface area (Å²) in [5.74, 6) is 0.587. The predicted molar refractivity (Wildman–Crippen MR) is 191 cm³/mol. The molecule has 1 unspecified atom stereocenters. The molecule has 3 heterocycles. The number of carboxylic acid groups (broad SMARTS) is 1. The monoisotopic (exact) mass is 651 g/mol. The van der Waals surface area contributed by atoms with E-state index >= 15 is 0 Å². The Bertz CT molecular complexity index is 1790. The summed E-state index contributed by atoms with van der Waals surface area (Å²) in [5, 5.41) is 10.3. The number of carbonyl (C=O) groups is 1. The Balaban J connectivity index is 1.20. The molecule has 1 saturated heterocycles. The highest BCUT2D eigenvalue weighted by Crippen LogP contribution is 2.47. The van der Waals surface area contributed by atoms with Crippen molar-refractivity contribution in [2.75, 3.05) is 31.1 Å². The van der Waals surface area contributed by atoms with Gasteiger partial charge in [0.2, 0.25) is 0 Å². The highest BCUT2D eigenvalue weighted by Gasteiger charge is 2.39. The fourth-order valence-electron chi connectivity index (χ4n) is 8.32. The zero-order chi connectivity index (χ0) is 32.9. The van der Waals surface area contributed by atoms with Gasteiger partial charge in [-0.25, -0.2) is 9.78 Å². The van der Waals surface area contributed by atoms with E-state index in [4.69, 9.17) is 16.6 Å². The molecule has 1 saturated carbocycles. The second-order valence-corrected chi connectivity index (χ2v) is 15.2. The number of fused-ring (bicyclic) bond motifs is 4. The first-order chi connectivity index (χ1) is 22.6. The number of benzene rings is 2. The van der Waals surface area contributed by atoms with Crippen LogP contribution in [-0.4, -0.2) is 69.2 Å². The van der Waals surface area contributed by atoms with Gasteiger partial charge in [0, 0.05) is 50.5 Å². The van der Waals surface area contributed by atoms with Crippen molar-refractivity contribution in [1.29, 1.82) is 0 Å². The number of hydrogen-bond acceptors (Lipinski definition) is 5. The number of piperazine rings is 1. The highest BCUT2D eigenvalue weighted by atomic mass is 35.5. The number of aromatic nitrogens is 2. The van der Waals surface area contributed by atoms with Crippen molar-refractivity contribution in [3.63, 3.8) is 0 Å². The molecule has 2 aromatic carbocycles. The minimum absolute atomic E-state index is 0.00284. The van der Waals surface area contributed by atoms with Crippen LogP contribution in [0.5, 0.6) is 0 Å². The number of halogens is 1. The summed E-state index contributed by atoms with van der Waals surface area (Å²) in [7, 11) is 0. The van der Waals surface area contributed by atoms with Gasteiger partial charge in [-0.3, -0.25) is 9.88 Å². The maximum atomic E-state index is 12.0. The first-order valence-electron chi connectivity index (χ1n) is 17.3. The Hall–Kier alpha value is -3.68. The summed E-state index contributed by atoms with van der Waals surface area (Å²) in [6, 6.07) is 19.9. The third kappa shape index (κ3) is 6.20. The normalized spacial score (nSPS) is 21.5. The number of rotatable bonds is 6. The molecular weight excluding hydrogens is 606 g/mol. The molecule has 246 valence electrons. The van der Waals surface area contributed by atoms with E-state index in [1.807, 2.05) is 18.3 Å². The first kappa shape index (κ1) is 31.9. The van der Waals surface area contributed by atoms with Crippen LogP contribution in [0.2, 0.25) is 5.15 Å². The zero-order valence-electron chi connectivity index (χ0n) is 28.0. The molecule has 7 nitrogen and oxygen atoms in total. The average molecular weight is 652 g/mol. The average Bonchev–Trinajstić information content (AvgIpc) is 3.44. The van der Waals surface area contributed by atoms with E-state index in [2.05, 4.69) is 84.9 Å². The van der Waals surface area contributed by atoms with Crippen molar-refractivity contribution in [3.05, 3.63) is 82.6 Å². The molecule has 1 aliphatic heterocycles. The van der Waals surface area contributed by atoms with Crippen LogP contribution >= 0.6 is 11.6 Å². The van der Waals surface area contributed by atoms with Crippen LogP contribution in [0, 0.1) is 11.3 Å². The number of hydrogen-bond donors (Lipinski definition) is 1. The van der Waals surface area contributed by atoms with Gasteiger partial charge in [-0.15, -0.1) is 0 Å². The van der Waals surface area contributed by atoms with Gasteiger partial charge in [-0.05, 0) is 95.5 Å². The highest BCUT2D eigenvalue weighted by molar-refractivity contribution is 6.29. The molecule has 1 N–H and O–H groups in total. The minimum atomic E-state index is -0.800. The van der Waals surface area contributed by atoms with Crippen molar-refractivity contribution in [2.24, 2.45) is 11.3 Å². The molecule has 7 rings (SSSR count). The SMILES string of the molecule is CCc1cc2c(c(N(c3ccnc4ccc(Cl)nc34)C3CCC(CN4CCN(C(=O)O)C(C(C)(C)C)C4)CC3)c1)Cc1ccccc1-2. The third-order valence-electron chi connectivity index (χ3n) is 10.8. The number of aryl methyl sites for hydroxylation is 1. The Morgan fingerprint density at radius 1 is 1.00 bits per heavy atom. The fourth-order valence-corrected chi connectivity index (χ4v) is 8.47. The van der Waals surface area contributed by atoms with E-state index in [1.165, 1.54) is 33.5 Å². The van der Waals surface area contributed by atoms with Crippen LogP contribution in [0.3, 0.4) is 0 Å². The lowest BCUT2D eigenvalue weighted by Crippen LogP contribution is -2.60. The lowest BCUT2D eigenvalue weighted by Gasteiger charge is -2.47. The molecule has 47 heavy (non-hydrogen) atoms. The van der Waals surface area contributed by atoms with Crippen LogP contribution in [0.25, 0.3) is 22.2 Å². The largest absolute Gasteiger partial charge is 0.465 e. The van der Waals surface area contributed by atoms with E-state index in [9.17, 15) is 9.90 Å². The minimum Gasteiger partial charge on any atom is -0.465 e. The number of nitrogens with zero attached hydrogens (tertiary/aromatic N) is 5. The van der Waals surface area contributed by atoms with Crippen LogP contribution < -0.4 is 4.90 Å². The van der Waals surface area contributed by atoms with Crippen molar-refractivity contribution in [1.82, 2.24) is 19.8 Å².